The molecule has 1 N–H and O–H groups in total. The molecule has 0 unspecified atom stereocenters. The van der Waals surface area contributed by atoms with E-state index in [2.05, 4.69) is 24.0 Å². The van der Waals surface area contributed by atoms with Crippen LogP contribution in [0.2, 0.25) is 0 Å². The minimum absolute atomic E-state index is 0.179. The molecule has 1 atom stereocenters. The maximum absolute atomic E-state index is 11.8. The molecule has 1 amide bonds. The number of nitrogens with one attached hydrogen (secondary N) is 1. The lowest BCUT2D eigenvalue weighted by atomic mass is 10.00. The van der Waals surface area contributed by atoms with Gasteiger partial charge in [-0.3, -0.25) is 4.79 Å². The maximum atomic E-state index is 11.8. The smallest absolute Gasteiger partial charge is 0.223 e. The first-order valence-corrected chi connectivity index (χ1v) is 6.64. The highest BCUT2D eigenvalue weighted by Gasteiger charge is 2.30. The third-order valence-electron chi connectivity index (χ3n) is 3.21. The van der Waals surface area contributed by atoms with Crippen molar-refractivity contribution >= 4 is 5.91 Å². The number of carbonyl (C=O) groups excluding carboxylic acids is 1. The van der Waals surface area contributed by atoms with Crippen molar-refractivity contribution < 1.29 is 4.79 Å². The molecule has 0 radical (unpaired) electrons. The summed E-state index contributed by atoms with van der Waals surface area (Å²) in [4.78, 5) is 11.8. The van der Waals surface area contributed by atoms with E-state index in [0.717, 1.165) is 31.3 Å². The van der Waals surface area contributed by atoms with Gasteiger partial charge in [0.15, 0.2) is 0 Å². The zero-order valence-corrected chi connectivity index (χ0v) is 11.0. The number of carbonyl (C=O) groups is 1. The first-order valence-electron chi connectivity index (χ1n) is 6.64. The van der Waals surface area contributed by atoms with Gasteiger partial charge in [-0.1, -0.05) is 35.9 Å². The van der Waals surface area contributed by atoms with Crippen LogP contribution in [0, 0.1) is 5.92 Å². The maximum Gasteiger partial charge on any atom is 0.223 e. The van der Waals surface area contributed by atoms with E-state index in [9.17, 15) is 4.79 Å². The quantitative estimate of drug-likeness (QED) is 0.764. The zero-order chi connectivity index (χ0) is 13.0. The lowest BCUT2D eigenvalue weighted by molar-refractivity contribution is -0.123. The molecular weight excluding hydrogens is 222 g/mol. The van der Waals surface area contributed by atoms with Crippen LogP contribution in [0.4, 0.5) is 0 Å². The minimum Gasteiger partial charge on any atom is -0.352 e. The fourth-order valence-electron chi connectivity index (χ4n) is 2.16. The molecule has 2 heteroatoms. The first-order chi connectivity index (χ1) is 8.65. The molecule has 1 saturated carbocycles. The summed E-state index contributed by atoms with van der Waals surface area (Å²) < 4.78 is 0. The highest BCUT2D eigenvalue weighted by Crippen LogP contribution is 2.29. The summed E-state index contributed by atoms with van der Waals surface area (Å²) in [6.45, 7) is 5.97. The second-order valence-electron chi connectivity index (χ2n) is 5.33. The molecule has 0 saturated heterocycles. The van der Waals surface area contributed by atoms with E-state index in [0.29, 0.717) is 0 Å². The van der Waals surface area contributed by atoms with Crippen LogP contribution in [-0.2, 0) is 11.2 Å². The van der Waals surface area contributed by atoms with Gasteiger partial charge in [0.25, 0.3) is 0 Å². The summed E-state index contributed by atoms with van der Waals surface area (Å²) in [6.07, 6.45) is 3.84. The molecule has 96 valence electrons. The fourth-order valence-corrected chi connectivity index (χ4v) is 2.16. The largest absolute Gasteiger partial charge is 0.352 e. The number of hydrogen-bond acceptors (Lipinski definition) is 1. The molecule has 1 fully saturated rings. The Bertz CT molecular complexity index is 420. The molecule has 1 aliphatic rings. The molecule has 2 rings (SSSR count). The summed E-state index contributed by atoms with van der Waals surface area (Å²) in [5.74, 6) is 0.491. The fraction of sp³-hybridized carbons (Fsp3) is 0.438. The predicted molar refractivity (Wildman–Crippen MR) is 74.2 cm³/mol. The van der Waals surface area contributed by atoms with Gasteiger partial charge in [0, 0.05) is 12.0 Å². The van der Waals surface area contributed by atoms with Gasteiger partial charge < -0.3 is 5.32 Å². The molecule has 1 aromatic carbocycles. The summed E-state index contributed by atoms with van der Waals surface area (Å²) in [7, 11) is 0. The molecule has 0 aliphatic heterocycles. The van der Waals surface area contributed by atoms with Crippen molar-refractivity contribution in [3.63, 3.8) is 0 Å². The van der Waals surface area contributed by atoms with Crippen LogP contribution in [0.1, 0.15) is 31.7 Å². The molecule has 0 heterocycles. The van der Waals surface area contributed by atoms with Crippen LogP contribution in [0.3, 0.4) is 0 Å². The molecule has 0 bridgehead atoms. The molecule has 0 aromatic heterocycles. The van der Waals surface area contributed by atoms with Crippen LogP contribution in [-0.4, -0.2) is 11.9 Å². The third-order valence-corrected chi connectivity index (χ3v) is 3.21. The zero-order valence-electron chi connectivity index (χ0n) is 11.0. The molecule has 1 aliphatic carbocycles. The summed E-state index contributed by atoms with van der Waals surface area (Å²) in [5, 5.41) is 3.16. The number of benzene rings is 1. The second kappa shape index (κ2) is 5.85. The van der Waals surface area contributed by atoms with Crippen molar-refractivity contribution in [2.24, 2.45) is 5.92 Å². The van der Waals surface area contributed by atoms with Crippen LogP contribution < -0.4 is 5.32 Å². The standard InChI is InChI=1S/C16H21NO/c1-12(2)10-15(17-16(18)14-8-9-14)11-13-6-4-3-5-7-13/h3-7,14-15H,1,8-11H2,2H3,(H,17,18)/t15-/m1/s1. The van der Waals surface area contributed by atoms with E-state index >= 15 is 0 Å². The van der Waals surface area contributed by atoms with Crippen LogP contribution in [0.5, 0.6) is 0 Å². The minimum atomic E-state index is 0.179. The number of rotatable bonds is 6. The van der Waals surface area contributed by atoms with E-state index in [1.807, 2.05) is 25.1 Å². The Kier molecular flexibility index (Phi) is 4.19. The van der Waals surface area contributed by atoms with E-state index in [4.69, 9.17) is 0 Å². The molecule has 18 heavy (non-hydrogen) atoms. The Balaban J connectivity index is 1.95. The third kappa shape index (κ3) is 4.02. The van der Waals surface area contributed by atoms with Crippen molar-refractivity contribution in [3.05, 3.63) is 48.0 Å². The molecule has 2 nitrogen and oxygen atoms in total. The van der Waals surface area contributed by atoms with Gasteiger partial charge in [-0.25, -0.2) is 0 Å². The second-order valence-corrected chi connectivity index (χ2v) is 5.33. The van der Waals surface area contributed by atoms with E-state index < -0.39 is 0 Å². The number of amides is 1. The average molecular weight is 243 g/mol. The lowest BCUT2D eigenvalue weighted by Gasteiger charge is -2.19. The predicted octanol–water partition coefficient (Wildman–Crippen LogP) is 3.09. The van der Waals surface area contributed by atoms with Crippen molar-refractivity contribution in [1.29, 1.82) is 0 Å². The van der Waals surface area contributed by atoms with Gasteiger partial charge >= 0.3 is 0 Å². The van der Waals surface area contributed by atoms with Gasteiger partial charge in [-0.05, 0) is 38.2 Å². The van der Waals surface area contributed by atoms with Crippen molar-refractivity contribution in [2.75, 3.05) is 0 Å². The summed E-state index contributed by atoms with van der Waals surface area (Å²) in [6, 6.07) is 10.5. The van der Waals surface area contributed by atoms with Crippen molar-refractivity contribution in [2.45, 2.75) is 38.6 Å². The summed E-state index contributed by atoms with van der Waals surface area (Å²) >= 11 is 0. The van der Waals surface area contributed by atoms with Gasteiger partial charge in [0.2, 0.25) is 5.91 Å². The van der Waals surface area contributed by atoms with Gasteiger partial charge in [0.1, 0.15) is 0 Å². The van der Waals surface area contributed by atoms with Crippen LogP contribution >= 0.6 is 0 Å². The Labute approximate surface area is 109 Å². The Hall–Kier alpha value is -1.57. The van der Waals surface area contributed by atoms with Gasteiger partial charge in [0.05, 0.1) is 0 Å². The van der Waals surface area contributed by atoms with E-state index in [-0.39, 0.29) is 17.9 Å². The summed E-state index contributed by atoms with van der Waals surface area (Å²) in [5.41, 5.74) is 2.38. The number of hydrogen-bond donors (Lipinski definition) is 1. The molecule has 1 aromatic rings. The van der Waals surface area contributed by atoms with Crippen molar-refractivity contribution in [3.8, 4) is 0 Å². The van der Waals surface area contributed by atoms with E-state index in [1.165, 1.54) is 5.56 Å². The van der Waals surface area contributed by atoms with Crippen LogP contribution in [0.15, 0.2) is 42.5 Å². The lowest BCUT2D eigenvalue weighted by Crippen LogP contribution is -2.37. The highest BCUT2D eigenvalue weighted by molar-refractivity contribution is 5.81. The highest BCUT2D eigenvalue weighted by atomic mass is 16.2. The Morgan fingerprint density at radius 3 is 2.61 bits per heavy atom. The van der Waals surface area contributed by atoms with Crippen LogP contribution in [0.25, 0.3) is 0 Å². The van der Waals surface area contributed by atoms with Gasteiger partial charge in [-0.2, -0.15) is 0 Å². The molecule has 0 spiro atoms. The van der Waals surface area contributed by atoms with Gasteiger partial charge in [-0.15, -0.1) is 6.58 Å². The normalized spacial score (nSPS) is 16.1. The molecular formula is C16H21NO. The van der Waals surface area contributed by atoms with Crippen molar-refractivity contribution in [1.82, 2.24) is 5.32 Å². The van der Waals surface area contributed by atoms with E-state index in [1.54, 1.807) is 0 Å². The monoisotopic (exact) mass is 243 g/mol. The topological polar surface area (TPSA) is 29.1 Å². The Morgan fingerprint density at radius 1 is 1.39 bits per heavy atom. The first kappa shape index (κ1) is 12.9. The SMILES string of the molecule is C=C(C)C[C@H](Cc1ccccc1)NC(=O)C1CC1. The Morgan fingerprint density at radius 2 is 2.06 bits per heavy atom. The average Bonchev–Trinajstić information content (AvgIpc) is 3.13.